The van der Waals surface area contributed by atoms with Crippen LogP contribution in [-0.4, -0.2) is 27.1 Å². The van der Waals surface area contributed by atoms with E-state index in [9.17, 15) is 9.59 Å². The second-order valence-electron chi connectivity index (χ2n) is 6.61. The maximum Gasteiger partial charge on any atom is 0.266 e. The zero-order chi connectivity index (χ0) is 18.3. The van der Waals surface area contributed by atoms with Crippen LogP contribution in [0.25, 0.3) is 10.8 Å². The summed E-state index contributed by atoms with van der Waals surface area (Å²) in [6, 6.07) is 13.3. The van der Waals surface area contributed by atoms with Crippen LogP contribution in [-0.2, 0) is 26.6 Å². The highest BCUT2D eigenvalue weighted by atomic mass is 16.2. The first-order valence-corrected chi connectivity index (χ1v) is 8.64. The second-order valence-corrected chi connectivity index (χ2v) is 6.61. The molecule has 6 heteroatoms. The van der Waals surface area contributed by atoms with Gasteiger partial charge in [-0.2, -0.15) is 5.10 Å². The van der Waals surface area contributed by atoms with E-state index in [2.05, 4.69) is 5.10 Å². The van der Waals surface area contributed by atoms with Gasteiger partial charge in [0.25, 0.3) is 11.5 Å². The standard InChI is InChI=1S/C20H20N4O2/c1-23-19(25)10-16-12-24(8-7-18(16)22-23)20(26)14-6-5-13-3-2-4-15(11-21)17(13)9-14/h2-6,9-10H,7-8,11-12,21H2,1H3. The highest BCUT2D eigenvalue weighted by Crippen LogP contribution is 2.23. The Bertz CT molecular complexity index is 1070. The number of amides is 1. The number of hydrogen-bond acceptors (Lipinski definition) is 4. The van der Waals surface area contributed by atoms with Crippen molar-refractivity contribution in [3.05, 3.63) is 75.2 Å². The van der Waals surface area contributed by atoms with Crippen LogP contribution >= 0.6 is 0 Å². The summed E-state index contributed by atoms with van der Waals surface area (Å²) >= 11 is 0. The lowest BCUT2D eigenvalue weighted by atomic mass is 10.0. The SMILES string of the molecule is Cn1nc2c(cc1=O)CN(C(=O)c1ccc3cccc(CN)c3c1)CC2. The lowest BCUT2D eigenvalue weighted by molar-refractivity contribution is 0.0733. The fourth-order valence-corrected chi connectivity index (χ4v) is 3.50. The molecule has 1 aromatic heterocycles. The first-order chi connectivity index (χ1) is 12.6. The molecule has 132 valence electrons. The van der Waals surface area contributed by atoms with Gasteiger partial charge in [0.2, 0.25) is 0 Å². The van der Waals surface area contributed by atoms with Crippen LogP contribution in [0.3, 0.4) is 0 Å². The molecule has 0 aliphatic carbocycles. The van der Waals surface area contributed by atoms with Gasteiger partial charge in [0, 0.05) is 50.3 Å². The van der Waals surface area contributed by atoms with Crippen LogP contribution in [0.2, 0.25) is 0 Å². The summed E-state index contributed by atoms with van der Waals surface area (Å²) in [5.74, 6) is -0.0370. The molecule has 3 aromatic rings. The van der Waals surface area contributed by atoms with Gasteiger partial charge in [0.15, 0.2) is 0 Å². The van der Waals surface area contributed by atoms with Gasteiger partial charge in [-0.3, -0.25) is 9.59 Å². The van der Waals surface area contributed by atoms with Crippen molar-refractivity contribution in [2.45, 2.75) is 19.5 Å². The number of carbonyl (C=O) groups is 1. The number of hydrogen-bond donors (Lipinski definition) is 1. The molecule has 1 amide bonds. The summed E-state index contributed by atoms with van der Waals surface area (Å²) in [4.78, 5) is 26.6. The lowest BCUT2D eigenvalue weighted by Crippen LogP contribution is -2.38. The van der Waals surface area contributed by atoms with Crippen molar-refractivity contribution in [2.75, 3.05) is 6.54 Å². The summed E-state index contributed by atoms with van der Waals surface area (Å²) < 4.78 is 1.34. The van der Waals surface area contributed by atoms with E-state index in [0.29, 0.717) is 31.6 Å². The van der Waals surface area contributed by atoms with Crippen LogP contribution in [0.15, 0.2) is 47.3 Å². The van der Waals surface area contributed by atoms with Gasteiger partial charge in [-0.15, -0.1) is 0 Å². The van der Waals surface area contributed by atoms with Gasteiger partial charge < -0.3 is 10.6 Å². The summed E-state index contributed by atoms with van der Waals surface area (Å²) in [6.07, 6.45) is 0.650. The van der Waals surface area contributed by atoms with Crippen molar-refractivity contribution >= 4 is 16.7 Å². The molecule has 2 heterocycles. The average Bonchev–Trinajstić information content (AvgIpc) is 2.67. The van der Waals surface area contributed by atoms with Gasteiger partial charge in [-0.05, 0) is 28.5 Å². The Morgan fingerprint density at radius 1 is 1.23 bits per heavy atom. The topological polar surface area (TPSA) is 81.2 Å². The molecule has 2 aromatic carbocycles. The molecule has 4 rings (SSSR count). The maximum absolute atomic E-state index is 13.0. The minimum absolute atomic E-state index is 0.0370. The van der Waals surface area contributed by atoms with E-state index in [-0.39, 0.29) is 11.5 Å². The summed E-state index contributed by atoms with van der Waals surface area (Å²) in [6.45, 7) is 1.43. The van der Waals surface area contributed by atoms with Crippen molar-refractivity contribution < 1.29 is 4.79 Å². The number of aryl methyl sites for hydroxylation is 1. The van der Waals surface area contributed by atoms with E-state index < -0.39 is 0 Å². The van der Waals surface area contributed by atoms with Crippen molar-refractivity contribution in [3.8, 4) is 0 Å². The molecule has 2 N–H and O–H groups in total. The second kappa shape index (κ2) is 6.38. The zero-order valence-corrected chi connectivity index (χ0v) is 14.6. The Labute approximate surface area is 150 Å². The van der Waals surface area contributed by atoms with Crippen LogP contribution < -0.4 is 11.3 Å². The van der Waals surface area contributed by atoms with Crippen molar-refractivity contribution in [1.29, 1.82) is 0 Å². The fraction of sp³-hybridized carbons (Fsp3) is 0.250. The van der Waals surface area contributed by atoms with E-state index in [1.807, 2.05) is 36.4 Å². The summed E-state index contributed by atoms with van der Waals surface area (Å²) in [5.41, 5.74) is 9.05. The Kier molecular flexibility index (Phi) is 4.05. The molecule has 0 unspecified atom stereocenters. The number of aromatic nitrogens is 2. The van der Waals surface area contributed by atoms with E-state index >= 15 is 0 Å². The molecule has 0 saturated heterocycles. The normalized spacial score (nSPS) is 13.7. The minimum Gasteiger partial charge on any atom is -0.334 e. The van der Waals surface area contributed by atoms with Gasteiger partial charge in [0.05, 0.1) is 5.69 Å². The molecular formula is C20H20N4O2. The average molecular weight is 348 g/mol. The van der Waals surface area contributed by atoms with E-state index in [0.717, 1.165) is 27.6 Å². The number of fused-ring (bicyclic) bond motifs is 2. The Morgan fingerprint density at radius 3 is 2.88 bits per heavy atom. The van der Waals surface area contributed by atoms with Crippen LogP contribution in [0.1, 0.15) is 27.2 Å². The molecule has 0 atom stereocenters. The predicted molar refractivity (Wildman–Crippen MR) is 99.8 cm³/mol. The molecule has 0 bridgehead atoms. The molecule has 0 fully saturated rings. The van der Waals surface area contributed by atoms with Crippen LogP contribution in [0.4, 0.5) is 0 Å². The third kappa shape index (κ3) is 2.78. The first-order valence-electron chi connectivity index (χ1n) is 8.64. The lowest BCUT2D eigenvalue weighted by Gasteiger charge is -2.28. The maximum atomic E-state index is 13.0. The minimum atomic E-state index is -0.156. The number of rotatable bonds is 2. The van der Waals surface area contributed by atoms with Crippen LogP contribution in [0.5, 0.6) is 0 Å². The number of nitrogens with two attached hydrogens (primary N) is 1. The van der Waals surface area contributed by atoms with Crippen molar-refractivity contribution in [3.63, 3.8) is 0 Å². The summed E-state index contributed by atoms with van der Waals surface area (Å²) in [5, 5.41) is 6.37. The molecule has 0 saturated carbocycles. The smallest absolute Gasteiger partial charge is 0.266 e. The highest BCUT2D eigenvalue weighted by molar-refractivity contribution is 5.99. The van der Waals surface area contributed by atoms with Gasteiger partial charge in [-0.25, -0.2) is 4.68 Å². The van der Waals surface area contributed by atoms with E-state index in [1.165, 1.54) is 4.68 Å². The molecule has 26 heavy (non-hydrogen) atoms. The molecule has 0 spiro atoms. The Balaban J connectivity index is 1.67. The third-order valence-electron chi connectivity index (χ3n) is 4.96. The van der Waals surface area contributed by atoms with Crippen LogP contribution in [0, 0.1) is 0 Å². The fourth-order valence-electron chi connectivity index (χ4n) is 3.50. The van der Waals surface area contributed by atoms with Gasteiger partial charge in [-0.1, -0.05) is 24.3 Å². The molecular weight excluding hydrogens is 328 g/mol. The molecule has 6 nitrogen and oxygen atoms in total. The van der Waals surface area contributed by atoms with Gasteiger partial charge >= 0.3 is 0 Å². The van der Waals surface area contributed by atoms with E-state index in [4.69, 9.17) is 5.73 Å². The van der Waals surface area contributed by atoms with Gasteiger partial charge in [0.1, 0.15) is 0 Å². The predicted octanol–water partition coefficient (Wildman–Crippen LogP) is 1.59. The number of nitrogens with zero attached hydrogens (tertiary/aromatic N) is 3. The Hall–Kier alpha value is -2.99. The monoisotopic (exact) mass is 348 g/mol. The Morgan fingerprint density at radius 2 is 2.08 bits per heavy atom. The zero-order valence-electron chi connectivity index (χ0n) is 14.6. The third-order valence-corrected chi connectivity index (χ3v) is 4.96. The summed E-state index contributed by atoms with van der Waals surface area (Å²) in [7, 11) is 1.64. The number of carbonyl (C=O) groups excluding carboxylic acids is 1. The number of benzene rings is 2. The largest absolute Gasteiger partial charge is 0.334 e. The molecule has 1 aliphatic rings. The van der Waals surface area contributed by atoms with Crippen molar-refractivity contribution in [1.82, 2.24) is 14.7 Å². The molecule has 1 aliphatic heterocycles. The van der Waals surface area contributed by atoms with E-state index in [1.54, 1.807) is 18.0 Å². The molecule has 0 radical (unpaired) electrons. The first kappa shape index (κ1) is 16.5. The quantitative estimate of drug-likeness (QED) is 0.763. The highest BCUT2D eigenvalue weighted by Gasteiger charge is 2.23. The van der Waals surface area contributed by atoms with Crippen molar-refractivity contribution in [2.24, 2.45) is 12.8 Å².